The summed E-state index contributed by atoms with van der Waals surface area (Å²) in [6.45, 7) is 2.74. The minimum atomic E-state index is -0.419. The molecule has 0 spiro atoms. The molecule has 2 rings (SSSR count). The number of rotatable bonds is 5. The molecule has 19 heavy (non-hydrogen) atoms. The number of pyridine rings is 1. The second-order valence-electron chi connectivity index (χ2n) is 3.88. The number of anilines is 1. The van der Waals surface area contributed by atoms with E-state index >= 15 is 0 Å². The molecule has 1 N–H and O–H groups in total. The minimum absolute atomic E-state index is 0.0214. The molecule has 0 radical (unpaired) electrons. The van der Waals surface area contributed by atoms with Crippen molar-refractivity contribution in [2.45, 2.75) is 13.3 Å². The van der Waals surface area contributed by atoms with Crippen molar-refractivity contribution in [1.29, 1.82) is 0 Å². The molecule has 0 aliphatic carbocycles. The fourth-order valence-electron chi connectivity index (χ4n) is 1.54. The normalized spacial score (nSPS) is 10.4. The Morgan fingerprint density at radius 2 is 2.26 bits per heavy atom. The number of hydrogen-bond donors (Lipinski definition) is 1. The molecule has 7 heteroatoms. The third-order valence-electron chi connectivity index (χ3n) is 2.40. The van der Waals surface area contributed by atoms with Crippen molar-refractivity contribution in [3.63, 3.8) is 0 Å². The average Bonchev–Trinajstić information content (AvgIpc) is 2.82. The standard InChI is InChI=1S/C12H12ClN3O2S/c1-2-5-14-12-7-8(16(17)18)6-9(15-12)10-3-4-11(13)19-10/h3-4,6-7H,2,5H2,1H3,(H,14,15). The van der Waals surface area contributed by atoms with Crippen LogP contribution in [0.4, 0.5) is 11.5 Å². The number of halogens is 1. The Labute approximate surface area is 119 Å². The van der Waals surface area contributed by atoms with Gasteiger partial charge in [0.15, 0.2) is 0 Å². The van der Waals surface area contributed by atoms with Crippen LogP contribution in [-0.4, -0.2) is 16.5 Å². The summed E-state index contributed by atoms with van der Waals surface area (Å²) in [6.07, 6.45) is 0.921. The number of nitrogens with one attached hydrogen (secondary N) is 1. The van der Waals surface area contributed by atoms with E-state index in [0.29, 0.717) is 15.8 Å². The van der Waals surface area contributed by atoms with Crippen LogP contribution in [-0.2, 0) is 0 Å². The monoisotopic (exact) mass is 297 g/mol. The molecule has 2 aromatic heterocycles. The molecule has 0 bridgehead atoms. The van der Waals surface area contributed by atoms with Crippen LogP contribution in [0.3, 0.4) is 0 Å². The quantitative estimate of drug-likeness (QED) is 0.663. The molecule has 0 aromatic carbocycles. The van der Waals surface area contributed by atoms with Gasteiger partial charge < -0.3 is 5.32 Å². The van der Waals surface area contributed by atoms with Crippen molar-refractivity contribution >= 4 is 34.4 Å². The maximum atomic E-state index is 10.9. The van der Waals surface area contributed by atoms with E-state index in [-0.39, 0.29) is 5.69 Å². The van der Waals surface area contributed by atoms with Gasteiger partial charge in [0, 0.05) is 12.6 Å². The van der Waals surface area contributed by atoms with Crippen LogP contribution >= 0.6 is 22.9 Å². The summed E-state index contributed by atoms with van der Waals surface area (Å²) in [4.78, 5) is 15.7. The first kappa shape index (κ1) is 13.8. The van der Waals surface area contributed by atoms with Crippen molar-refractivity contribution < 1.29 is 4.92 Å². The molecule has 0 aliphatic heterocycles. The van der Waals surface area contributed by atoms with Crippen LogP contribution in [0.25, 0.3) is 10.6 Å². The second kappa shape index (κ2) is 5.99. The Kier molecular flexibility index (Phi) is 4.34. The molecule has 0 aliphatic rings. The Hall–Kier alpha value is -1.66. The van der Waals surface area contributed by atoms with Gasteiger partial charge in [-0.15, -0.1) is 11.3 Å². The lowest BCUT2D eigenvalue weighted by molar-refractivity contribution is -0.384. The number of thiophene rings is 1. The van der Waals surface area contributed by atoms with Crippen LogP contribution in [0, 0.1) is 10.1 Å². The topological polar surface area (TPSA) is 68.1 Å². The molecule has 5 nitrogen and oxygen atoms in total. The highest BCUT2D eigenvalue weighted by Gasteiger charge is 2.13. The van der Waals surface area contributed by atoms with Crippen LogP contribution in [0.15, 0.2) is 24.3 Å². The summed E-state index contributed by atoms with van der Waals surface area (Å²) in [7, 11) is 0. The van der Waals surface area contributed by atoms with Gasteiger partial charge in [-0.25, -0.2) is 4.98 Å². The number of nitrogens with zero attached hydrogens (tertiary/aromatic N) is 2. The summed E-state index contributed by atoms with van der Waals surface area (Å²) in [5.74, 6) is 0.510. The first-order valence-corrected chi connectivity index (χ1v) is 6.95. The predicted molar refractivity (Wildman–Crippen MR) is 78.0 cm³/mol. The fraction of sp³-hybridized carbons (Fsp3) is 0.250. The zero-order chi connectivity index (χ0) is 13.8. The van der Waals surface area contributed by atoms with E-state index in [1.54, 1.807) is 6.07 Å². The van der Waals surface area contributed by atoms with E-state index in [9.17, 15) is 10.1 Å². The molecule has 0 saturated heterocycles. The number of nitro groups is 1. The SMILES string of the molecule is CCCNc1cc([N+](=O)[O-])cc(-c2ccc(Cl)s2)n1. The molecule has 0 fully saturated rings. The fourth-order valence-corrected chi connectivity index (χ4v) is 2.55. The van der Waals surface area contributed by atoms with Gasteiger partial charge in [-0.2, -0.15) is 0 Å². The lowest BCUT2D eigenvalue weighted by Crippen LogP contribution is -2.03. The Morgan fingerprint density at radius 1 is 1.47 bits per heavy atom. The lowest BCUT2D eigenvalue weighted by atomic mass is 10.2. The lowest BCUT2D eigenvalue weighted by Gasteiger charge is -2.05. The second-order valence-corrected chi connectivity index (χ2v) is 5.60. The molecule has 0 amide bonds. The molecular formula is C12H12ClN3O2S. The minimum Gasteiger partial charge on any atom is -0.370 e. The molecule has 100 valence electrons. The van der Waals surface area contributed by atoms with Gasteiger partial charge in [-0.1, -0.05) is 18.5 Å². The summed E-state index contributed by atoms with van der Waals surface area (Å²) >= 11 is 7.22. The average molecular weight is 298 g/mol. The van der Waals surface area contributed by atoms with E-state index in [1.807, 2.05) is 13.0 Å². The Balaban J connectivity index is 2.41. The third-order valence-corrected chi connectivity index (χ3v) is 3.66. The zero-order valence-electron chi connectivity index (χ0n) is 10.2. The third kappa shape index (κ3) is 3.42. The van der Waals surface area contributed by atoms with E-state index in [4.69, 9.17) is 11.6 Å². The highest BCUT2D eigenvalue weighted by Crippen LogP contribution is 2.32. The Morgan fingerprint density at radius 3 is 2.84 bits per heavy atom. The first-order chi connectivity index (χ1) is 9.10. The smallest absolute Gasteiger partial charge is 0.275 e. The van der Waals surface area contributed by atoms with E-state index in [1.165, 1.54) is 23.5 Å². The van der Waals surface area contributed by atoms with Gasteiger partial charge in [0.05, 0.1) is 25.9 Å². The van der Waals surface area contributed by atoms with Gasteiger partial charge >= 0.3 is 0 Å². The summed E-state index contributed by atoms with van der Waals surface area (Å²) in [6, 6.07) is 6.46. The van der Waals surface area contributed by atoms with Gasteiger partial charge in [0.2, 0.25) is 0 Å². The van der Waals surface area contributed by atoms with Crippen LogP contribution in [0.1, 0.15) is 13.3 Å². The number of aromatic nitrogens is 1. The van der Waals surface area contributed by atoms with Gasteiger partial charge in [-0.3, -0.25) is 10.1 Å². The molecule has 2 aromatic rings. The summed E-state index contributed by atoms with van der Waals surface area (Å²) in [5, 5.41) is 14.0. The van der Waals surface area contributed by atoms with Crippen LogP contribution in [0.2, 0.25) is 4.34 Å². The molecule has 0 atom stereocenters. The van der Waals surface area contributed by atoms with Crippen LogP contribution < -0.4 is 5.32 Å². The van der Waals surface area contributed by atoms with E-state index < -0.39 is 4.92 Å². The van der Waals surface area contributed by atoms with Gasteiger partial charge in [0.25, 0.3) is 5.69 Å². The molecule has 0 unspecified atom stereocenters. The van der Waals surface area contributed by atoms with Crippen molar-refractivity contribution in [3.05, 3.63) is 38.7 Å². The largest absolute Gasteiger partial charge is 0.370 e. The maximum Gasteiger partial charge on any atom is 0.275 e. The molecule has 0 saturated carbocycles. The van der Waals surface area contributed by atoms with Crippen molar-refractivity contribution in [2.75, 3.05) is 11.9 Å². The highest BCUT2D eigenvalue weighted by molar-refractivity contribution is 7.19. The number of hydrogen-bond acceptors (Lipinski definition) is 5. The molecule has 2 heterocycles. The maximum absolute atomic E-state index is 10.9. The van der Waals surface area contributed by atoms with Crippen LogP contribution in [0.5, 0.6) is 0 Å². The first-order valence-electron chi connectivity index (χ1n) is 5.76. The van der Waals surface area contributed by atoms with Crippen molar-refractivity contribution in [3.8, 4) is 10.6 Å². The predicted octanol–water partition coefficient (Wildman–Crippen LogP) is 4.19. The van der Waals surface area contributed by atoms with Crippen molar-refractivity contribution in [1.82, 2.24) is 4.98 Å². The van der Waals surface area contributed by atoms with Gasteiger partial charge in [-0.05, 0) is 18.6 Å². The summed E-state index contributed by atoms with van der Waals surface area (Å²) in [5.41, 5.74) is 0.581. The van der Waals surface area contributed by atoms with Gasteiger partial charge in [0.1, 0.15) is 5.82 Å². The summed E-state index contributed by atoms with van der Waals surface area (Å²) < 4.78 is 0.631. The highest BCUT2D eigenvalue weighted by atomic mass is 35.5. The zero-order valence-corrected chi connectivity index (χ0v) is 11.8. The Bertz CT molecular complexity index is 600. The van der Waals surface area contributed by atoms with E-state index in [0.717, 1.165) is 17.8 Å². The molecular weight excluding hydrogens is 286 g/mol. The van der Waals surface area contributed by atoms with Crippen molar-refractivity contribution in [2.24, 2.45) is 0 Å². The van der Waals surface area contributed by atoms with E-state index in [2.05, 4.69) is 10.3 Å².